The van der Waals surface area contributed by atoms with Gasteiger partial charge in [-0.25, -0.2) is 4.98 Å². The maximum absolute atomic E-state index is 10.7. The van der Waals surface area contributed by atoms with Crippen LogP contribution in [0.4, 0.5) is 10.8 Å². The van der Waals surface area contributed by atoms with Crippen LogP contribution in [0.1, 0.15) is 10.6 Å². The predicted octanol–water partition coefficient (Wildman–Crippen LogP) is 2.83. The van der Waals surface area contributed by atoms with Crippen LogP contribution in [-0.4, -0.2) is 23.2 Å². The lowest BCUT2D eigenvalue weighted by Crippen LogP contribution is -1.99. The van der Waals surface area contributed by atoms with E-state index in [0.29, 0.717) is 5.13 Å². The van der Waals surface area contributed by atoms with Crippen LogP contribution < -0.4 is 10.1 Å². The Balaban J connectivity index is 2.16. The Morgan fingerprint density at radius 1 is 1.53 bits per heavy atom. The number of thiazole rings is 1. The fraction of sp³-hybridized carbons (Fsp3) is 0.231. The number of nitrogens with zero attached hydrogens (tertiary/aromatic N) is 1. The van der Waals surface area contributed by atoms with Crippen LogP contribution in [0, 0.1) is 6.92 Å². The summed E-state index contributed by atoms with van der Waals surface area (Å²) in [7, 11) is 1.61. The molecule has 0 bridgehead atoms. The number of nitrogens with one attached hydrogen (secondary N) is 1. The zero-order valence-corrected chi connectivity index (χ0v) is 11.5. The van der Waals surface area contributed by atoms with Gasteiger partial charge in [0.1, 0.15) is 5.75 Å². The molecule has 5 nitrogen and oxygen atoms in total. The number of rotatable bonds is 5. The summed E-state index contributed by atoms with van der Waals surface area (Å²) < 4.78 is 5.14. The van der Waals surface area contributed by atoms with E-state index in [1.807, 2.05) is 31.2 Å². The molecule has 19 heavy (non-hydrogen) atoms. The monoisotopic (exact) mass is 278 g/mol. The van der Waals surface area contributed by atoms with Gasteiger partial charge in [0.15, 0.2) is 5.13 Å². The SMILES string of the molecule is COc1cccc(Nc2nc(C)c(CC(=O)O)s2)c1. The first kappa shape index (κ1) is 13.4. The molecule has 0 saturated carbocycles. The molecule has 0 aliphatic rings. The third kappa shape index (κ3) is 3.45. The molecule has 0 aliphatic carbocycles. The molecule has 1 aromatic heterocycles. The fourth-order valence-corrected chi connectivity index (χ4v) is 2.58. The smallest absolute Gasteiger partial charge is 0.308 e. The number of anilines is 2. The van der Waals surface area contributed by atoms with Crippen LogP contribution in [0.2, 0.25) is 0 Å². The van der Waals surface area contributed by atoms with Crippen molar-refractivity contribution in [2.24, 2.45) is 0 Å². The molecule has 0 saturated heterocycles. The van der Waals surface area contributed by atoms with Gasteiger partial charge < -0.3 is 15.2 Å². The van der Waals surface area contributed by atoms with Crippen LogP contribution in [0.25, 0.3) is 0 Å². The van der Waals surface area contributed by atoms with Gasteiger partial charge in [-0.2, -0.15) is 0 Å². The number of carbonyl (C=O) groups is 1. The number of ether oxygens (including phenoxy) is 1. The summed E-state index contributed by atoms with van der Waals surface area (Å²) in [5.41, 5.74) is 1.60. The first-order chi connectivity index (χ1) is 9.08. The van der Waals surface area contributed by atoms with Crippen LogP contribution in [0.15, 0.2) is 24.3 Å². The van der Waals surface area contributed by atoms with Crippen molar-refractivity contribution in [3.63, 3.8) is 0 Å². The first-order valence-corrected chi connectivity index (χ1v) is 6.49. The minimum atomic E-state index is -0.848. The van der Waals surface area contributed by atoms with Crippen molar-refractivity contribution in [3.8, 4) is 5.75 Å². The fourth-order valence-electron chi connectivity index (χ4n) is 1.61. The summed E-state index contributed by atoms with van der Waals surface area (Å²) >= 11 is 1.35. The molecular formula is C13H14N2O3S. The van der Waals surface area contributed by atoms with Crippen molar-refractivity contribution in [2.75, 3.05) is 12.4 Å². The van der Waals surface area contributed by atoms with Crippen molar-refractivity contribution < 1.29 is 14.6 Å². The Bertz CT molecular complexity index is 595. The zero-order chi connectivity index (χ0) is 13.8. The molecule has 1 aromatic carbocycles. The number of aliphatic carboxylic acids is 1. The van der Waals surface area contributed by atoms with Gasteiger partial charge in [-0.15, -0.1) is 11.3 Å². The first-order valence-electron chi connectivity index (χ1n) is 5.67. The molecule has 0 spiro atoms. The molecular weight excluding hydrogens is 264 g/mol. The van der Waals surface area contributed by atoms with E-state index in [-0.39, 0.29) is 6.42 Å². The number of aryl methyl sites for hydroxylation is 1. The van der Waals surface area contributed by atoms with E-state index in [4.69, 9.17) is 9.84 Å². The molecule has 6 heteroatoms. The van der Waals surface area contributed by atoms with Gasteiger partial charge in [-0.05, 0) is 19.1 Å². The summed E-state index contributed by atoms with van der Waals surface area (Å²) in [6.07, 6.45) is 0.00326. The predicted molar refractivity (Wildman–Crippen MR) is 74.5 cm³/mol. The van der Waals surface area contributed by atoms with Gasteiger partial charge in [0, 0.05) is 16.6 Å². The largest absolute Gasteiger partial charge is 0.497 e. The van der Waals surface area contributed by atoms with Crippen LogP contribution in [0.3, 0.4) is 0 Å². The third-order valence-electron chi connectivity index (χ3n) is 2.53. The lowest BCUT2D eigenvalue weighted by Gasteiger charge is -2.04. The zero-order valence-electron chi connectivity index (χ0n) is 10.6. The number of hydrogen-bond acceptors (Lipinski definition) is 5. The van der Waals surface area contributed by atoms with Crippen LogP contribution in [0.5, 0.6) is 5.75 Å². The van der Waals surface area contributed by atoms with E-state index >= 15 is 0 Å². The van der Waals surface area contributed by atoms with Crippen molar-refractivity contribution in [3.05, 3.63) is 34.8 Å². The maximum Gasteiger partial charge on any atom is 0.308 e. The number of aromatic nitrogens is 1. The topological polar surface area (TPSA) is 71.5 Å². The minimum absolute atomic E-state index is 0.00326. The number of carboxylic acid groups (broad SMARTS) is 1. The number of methoxy groups -OCH3 is 1. The molecule has 0 amide bonds. The van der Waals surface area contributed by atoms with Gasteiger partial charge >= 0.3 is 5.97 Å². The standard InChI is InChI=1S/C13H14N2O3S/c1-8-11(7-12(16)17)19-13(14-8)15-9-4-3-5-10(6-9)18-2/h3-6H,7H2,1-2H3,(H,14,15)(H,16,17). The van der Waals surface area contributed by atoms with Gasteiger partial charge in [0.2, 0.25) is 0 Å². The molecule has 0 radical (unpaired) electrons. The second kappa shape index (κ2) is 5.71. The Kier molecular flexibility index (Phi) is 4.01. The Hall–Kier alpha value is -2.08. The lowest BCUT2D eigenvalue weighted by molar-refractivity contribution is -0.136. The summed E-state index contributed by atoms with van der Waals surface area (Å²) in [6, 6.07) is 7.48. The van der Waals surface area contributed by atoms with E-state index in [1.54, 1.807) is 7.11 Å². The molecule has 0 aliphatic heterocycles. The quantitative estimate of drug-likeness (QED) is 0.880. The molecule has 2 aromatic rings. The molecule has 2 rings (SSSR count). The number of benzene rings is 1. The second-order valence-corrected chi connectivity index (χ2v) is 5.04. The van der Waals surface area contributed by atoms with Gasteiger partial charge in [-0.1, -0.05) is 6.07 Å². The van der Waals surface area contributed by atoms with Crippen molar-refractivity contribution in [1.29, 1.82) is 0 Å². The summed E-state index contributed by atoms with van der Waals surface area (Å²) in [4.78, 5) is 15.8. The highest BCUT2D eigenvalue weighted by molar-refractivity contribution is 7.15. The Morgan fingerprint density at radius 3 is 3.00 bits per heavy atom. The van der Waals surface area contributed by atoms with Gasteiger partial charge in [0.05, 0.1) is 19.2 Å². The van der Waals surface area contributed by atoms with E-state index in [9.17, 15) is 4.79 Å². The number of hydrogen-bond donors (Lipinski definition) is 2. The Labute approximate surface area is 114 Å². The van der Waals surface area contributed by atoms with E-state index in [0.717, 1.165) is 22.0 Å². The van der Waals surface area contributed by atoms with Crippen LogP contribution in [-0.2, 0) is 11.2 Å². The second-order valence-electron chi connectivity index (χ2n) is 3.96. The van der Waals surface area contributed by atoms with Gasteiger partial charge in [0.25, 0.3) is 0 Å². The molecule has 1 heterocycles. The average Bonchev–Trinajstić information content (AvgIpc) is 2.69. The minimum Gasteiger partial charge on any atom is -0.497 e. The summed E-state index contributed by atoms with van der Waals surface area (Å²) in [6.45, 7) is 1.81. The average molecular weight is 278 g/mol. The van der Waals surface area contributed by atoms with Crippen molar-refractivity contribution in [1.82, 2.24) is 4.98 Å². The lowest BCUT2D eigenvalue weighted by atomic mass is 10.3. The molecule has 0 unspecified atom stereocenters. The van der Waals surface area contributed by atoms with E-state index in [1.165, 1.54) is 11.3 Å². The summed E-state index contributed by atoms with van der Waals surface area (Å²) in [5, 5.41) is 12.6. The van der Waals surface area contributed by atoms with Crippen molar-refractivity contribution >= 4 is 28.1 Å². The van der Waals surface area contributed by atoms with Crippen molar-refractivity contribution in [2.45, 2.75) is 13.3 Å². The highest BCUT2D eigenvalue weighted by Crippen LogP contribution is 2.27. The Morgan fingerprint density at radius 2 is 2.32 bits per heavy atom. The highest BCUT2D eigenvalue weighted by atomic mass is 32.1. The van der Waals surface area contributed by atoms with Crippen LogP contribution >= 0.6 is 11.3 Å². The van der Waals surface area contributed by atoms with Gasteiger partial charge in [-0.3, -0.25) is 4.79 Å². The number of carboxylic acids is 1. The third-order valence-corrected chi connectivity index (χ3v) is 3.60. The highest BCUT2D eigenvalue weighted by Gasteiger charge is 2.11. The normalized spacial score (nSPS) is 10.2. The van der Waals surface area contributed by atoms with E-state index in [2.05, 4.69) is 10.3 Å². The molecule has 100 valence electrons. The summed E-state index contributed by atoms with van der Waals surface area (Å²) in [5.74, 6) is -0.0938. The van der Waals surface area contributed by atoms with E-state index < -0.39 is 5.97 Å². The maximum atomic E-state index is 10.7. The molecule has 0 fully saturated rings. The molecule has 2 N–H and O–H groups in total. The molecule has 0 atom stereocenters.